The van der Waals surface area contributed by atoms with Crippen LogP contribution in [0.5, 0.6) is 0 Å². The first-order valence-corrected chi connectivity index (χ1v) is 7.25. The minimum absolute atomic E-state index is 0.00957. The second-order valence-electron chi connectivity index (χ2n) is 4.67. The molecule has 1 rings (SSSR count). The van der Waals surface area contributed by atoms with Crippen molar-refractivity contribution in [2.45, 2.75) is 13.5 Å². The Labute approximate surface area is 136 Å². The van der Waals surface area contributed by atoms with Crippen molar-refractivity contribution in [3.8, 4) is 0 Å². The van der Waals surface area contributed by atoms with Crippen LogP contribution in [-0.4, -0.2) is 24.8 Å². The fourth-order valence-corrected chi connectivity index (χ4v) is 1.90. The molecule has 0 radical (unpaired) electrons. The van der Waals surface area contributed by atoms with Gasteiger partial charge >= 0.3 is 0 Å². The Hall–Kier alpha value is -2.20. The summed E-state index contributed by atoms with van der Waals surface area (Å²) in [5, 5.41) is 0.703. The van der Waals surface area contributed by atoms with Crippen LogP contribution in [0.25, 0.3) is 0 Å². The van der Waals surface area contributed by atoms with Gasteiger partial charge in [-0.15, -0.1) is 0 Å². The lowest BCUT2D eigenvalue weighted by molar-refractivity contribution is -0.110. The number of carbonyl (C=O) groups is 1. The van der Waals surface area contributed by atoms with Gasteiger partial charge in [0, 0.05) is 24.3 Å². The molecule has 2 N–H and O–H groups in total. The van der Waals surface area contributed by atoms with E-state index >= 15 is 0 Å². The van der Waals surface area contributed by atoms with Crippen LogP contribution < -0.4 is 5.73 Å². The zero-order valence-corrected chi connectivity index (χ0v) is 13.6. The lowest BCUT2D eigenvalue weighted by atomic mass is 10.2. The van der Waals surface area contributed by atoms with Crippen molar-refractivity contribution in [1.82, 2.24) is 4.90 Å². The van der Waals surface area contributed by atoms with E-state index in [9.17, 15) is 4.79 Å². The van der Waals surface area contributed by atoms with Crippen molar-refractivity contribution in [3.63, 3.8) is 0 Å². The summed E-state index contributed by atoms with van der Waals surface area (Å²) in [6.07, 6.45) is 7.67. The summed E-state index contributed by atoms with van der Waals surface area (Å²) < 4.78 is 5.18. The van der Waals surface area contributed by atoms with Crippen molar-refractivity contribution in [1.29, 1.82) is 0 Å². The molecule has 0 heterocycles. The fraction of sp³-hybridized carbons (Fsp3) is 0.235. The van der Waals surface area contributed by atoms with E-state index in [0.717, 1.165) is 11.3 Å². The van der Waals surface area contributed by atoms with Gasteiger partial charge < -0.3 is 15.4 Å². The molecule has 22 heavy (non-hydrogen) atoms. The molecular formula is C17H21ClN2O2. The van der Waals surface area contributed by atoms with Crippen LogP contribution >= 0.6 is 11.6 Å². The van der Waals surface area contributed by atoms with E-state index in [1.807, 2.05) is 49.2 Å². The molecule has 0 unspecified atom stereocenters. The summed E-state index contributed by atoms with van der Waals surface area (Å²) >= 11 is 5.89. The molecule has 5 heteroatoms. The molecule has 0 aliphatic rings. The van der Waals surface area contributed by atoms with Crippen molar-refractivity contribution < 1.29 is 9.53 Å². The Bertz CT molecular complexity index is 563. The molecule has 0 spiro atoms. The molecule has 0 amide bonds. The maximum atomic E-state index is 10.4. The number of halogens is 1. The van der Waals surface area contributed by atoms with Crippen LogP contribution in [0.4, 0.5) is 0 Å². The highest BCUT2D eigenvalue weighted by Crippen LogP contribution is 2.14. The molecule has 0 fully saturated rings. The Balaban J connectivity index is 2.88. The Morgan fingerprint density at radius 1 is 1.36 bits per heavy atom. The number of rotatable bonds is 8. The molecule has 0 saturated carbocycles. The number of benzene rings is 1. The summed E-state index contributed by atoms with van der Waals surface area (Å²) in [5.41, 5.74) is 8.38. The average Bonchev–Trinajstić information content (AvgIpc) is 2.49. The number of hydrogen-bond acceptors (Lipinski definition) is 4. The highest BCUT2D eigenvalue weighted by Gasteiger charge is 2.05. The molecule has 0 aliphatic heterocycles. The van der Waals surface area contributed by atoms with E-state index in [1.165, 1.54) is 6.26 Å². The standard InChI is InChI=1S/C17H21ClN2O2/c1-3-4-16(19)11-17(13-22-10-9-21)20(2)12-14-5-7-15(18)8-6-14/h3-9,11,13H,10,12,19H2,1-2H3/b4-3-,16-11+,17-13-. The molecule has 4 nitrogen and oxygen atoms in total. The number of carbonyl (C=O) groups excluding carboxylic acids is 1. The quantitative estimate of drug-likeness (QED) is 0.346. The van der Waals surface area contributed by atoms with Gasteiger partial charge in [0.05, 0.1) is 5.70 Å². The number of aldehydes is 1. The first-order chi connectivity index (χ1) is 10.6. The van der Waals surface area contributed by atoms with Gasteiger partial charge in [0.15, 0.2) is 6.29 Å². The highest BCUT2D eigenvalue weighted by atomic mass is 35.5. The zero-order chi connectivity index (χ0) is 16.4. The van der Waals surface area contributed by atoms with E-state index in [4.69, 9.17) is 22.1 Å². The van der Waals surface area contributed by atoms with Crippen molar-refractivity contribution in [3.05, 3.63) is 70.7 Å². The Morgan fingerprint density at radius 2 is 2.05 bits per heavy atom. The maximum absolute atomic E-state index is 10.4. The normalized spacial score (nSPS) is 12.5. The minimum Gasteiger partial charge on any atom is -0.492 e. The van der Waals surface area contributed by atoms with Gasteiger partial charge in [-0.3, -0.25) is 4.79 Å². The van der Waals surface area contributed by atoms with Gasteiger partial charge in [0.25, 0.3) is 0 Å². The number of allylic oxidation sites excluding steroid dienone is 3. The minimum atomic E-state index is 0.00957. The number of nitrogens with zero attached hydrogens (tertiary/aromatic N) is 1. The molecule has 118 valence electrons. The predicted molar refractivity (Wildman–Crippen MR) is 90.1 cm³/mol. The van der Waals surface area contributed by atoms with Crippen LogP contribution in [0.1, 0.15) is 12.5 Å². The highest BCUT2D eigenvalue weighted by molar-refractivity contribution is 6.30. The van der Waals surface area contributed by atoms with Crippen LogP contribution in [0.15, 0.2) is 60.1 Å². The van der Waals surface area contributed by atoms with Crippen LogP contribution in [0.3, 0.4) is 0 Å². The summed E-state index contributed by atoms with van der Waals surface area (Å²) in [4.78, 5) is 12.3. The van der Waals surface area contributed by atoms with E-state index in [2.05, 4.69) is 0 Å². The van der Waals surface area contributed by atoms with Crippen LogP contribution in [-0.2, 0) is 16.1 Å². The van der Waals surface area contributed by atoms with Gasteiger partial charge in [-0.05, 0) is 36.8 Å². The number of hydrogen-bond donors (Lipinski definition) is 1. The zero-order valence-electron chi connectivity index (χ0n) is 12.8. The molecule has 0 bridgehead atoms. The lowest BCUT2D eigenvalue weighted by Crippen LogP contribution is -2.17. The van der Waals surface area contributed by atoms with E-state index in [0.29, 0.717) is 23.6 Å². The third-order valence-electron chi connectivity index (χ3n) is 2.82. The summed E-state index contributed by atoms with van der Waals surface area (Å²) in [7, 11) is 1.92. The van der Waals surface area contributed by atoms with E-state index in [1.54, 1.807) is 12.2 Å². The SMILES string of the molecule is C\C=C/C(N)=C\C(=C\OCC=O)N(C)Cc1ccc(Cl)cc1. The van der Waals surface area contributed by atoms with Crippen molar-refractivity contribution in [2.75, 3.05) is 13.7 Å². The number of ether oxygens (including phenoxy) is 1. The fourth-order valence-electron chi connectivity index (χ4n) is 1.77. The summed E-state index contributed by atoms with van der Waals surface area (Å²) in [6.45, 7) is 2.56. The van der Waals surface area contributed by atoms with E-state index in [-0.39, 0.29) is 6.61 Å². The third kappa shape index (κ3) is 6.50. The topological polar surface area (TPSA) is 55.6 Å². The Kier molecular flexibility index (Phi) is 7.86. The van der Waals surface area contributed by atoms with Crippen molar-refractivity contribution in [2.24, 2.45) is 5.73 Å². The molecule has 1 aromatic rings. The molecule has 0 aromatic heterocycles. The van der Waals surface area contributed by atoms with Crippen molar-refractivity contribution >= 4 is 17.9 Å². The van der Waals surface area contributed by atoms with Gasteiger partial charge in [0.1, 0.15) is 12.9 Å². The predicted octanol–water partition coefficient (Wildman–Crippen LogP) is 3.25. The van der Waals surface area contributed by atoms with Crippen LogP contribution in [0, 0.1) is 0 Å². The molecular weight excluding hydrogens is 300 g/mol. The second-order valence-corrected chi connectivity index (χ2v) is 5.11. The first kappa shape index (κ1) is 17.9. The van der Waals surface area contributed by atoms with Gasteiger partial charge in [-0.1, -0.05) is 29.8 Å². The Morgan fingerprint density at radius 3 is 2.64 bits per heavy atom. The van der Waals surface area contributed by atoms with Crippen LogP contribution in [0.2, 0.25) is 5.02 Å². The third-order valence-corrected chi connectivity index (χ3v) is 3.07. The summed E-state index contributed by atoms with van der Waals surface area (Å²) in [6, 6.07) is 7.62. The van der Waals surface area contributed by atoms with Gasteiger partial charge in [-0.2, -0.15) is 0 Å². The lowest BCUT2D eigenvalue weighted by Gasteiger charge is -2.20. The van der Waals surface area contributed by atoms with Gasteiger partial charge in [0.2, 0.25) is 0 Å². The monoisotopic (exact) mass is 320 g/mol. The molecule has 1 aromatic carbocycles. The molecule has 0 aliphatic carbocycles. The van der Waals surface area contributed by atoms with Gasteiger partial charge in [-0.25, -0.2) is 0 Å². The smallest absolute Gasteiger partial charge is 0.157 e. The average molecular weight is 321 g/mol. The molecule has 0 saturated heterocycles. The maximum Gasteiger partial charge on any atom is 0.157 e. The van der Waals surface area contributed by atoms with E-state index < -0.39 is 0 Å². The number of nitrogens with two attached hydrogens (primary N) is 1. The summed E-state index contributed by atoms with van der Waals surface area (Å²) in [5.74, 6) is 0. The number of likely N-dealkylation sites (N-methyl/N-ethyl adjacent to an activating group) is 1. The molecule has 0 atom stereocenters. The largest absolute Gasteiger partial charge is 0.492 e. The first-order valence-electron chi connectivity index (χ1n) is 6.87. The second kappa shape index (κ2) is 9.68.